The Hall–Kier alpha value is -3.78. The van der Waals surface area contributed by atoms with Crippen LogP contribution in [0, 0.1) is 13.8 Å². The lowest BCUT2D eigenvalue weighted by Crippen LogP contribution is -2.33. The van der Waals surface area contributed by atoms with Gasteiger partial charge in [-0.1, -0.05) is 22.8 Å². The van der Waals surface area contributed by atoms with Crippen LogP contribution in [0.4, 0.5) is 5.69 Å². The molecule has 3 aromatic rings. The molecule has 8 nitrogen and oxygen atoms in total. The van der Waals surface area contributed by atoms with E-state index in [1.165, 1.54) is 11.0 Å². The van der Waals surface area contributed by atoms with Gasteiger partial charge in [0.15, 0.2) is 11.5 Å². The number of ether oxygens (including phenoxy) is 2. The van der Waals surface area contributed by atoms with Gasteiger partial charge in [-0.3, -0.25) is 9.59 Å². The van der Waals surface area contributed by atoms with Crippen molar-refractivity contribution in [1.29, 1.82) is 0 Å². The lowest BCUT2D eigenvalue weighted by atomic mass is 10.1. The van der Waals surface area contributed by atoms with E-state index >= 15 is 0 Å². The van der Waals surface area contributed by atoms with Gasteiger partial charge in [0.05, 0.1) is 24.9 Å². The van der Waals surface area contributed by atoms with Crippen molar-refractivity contribution in [3.05, 3.63) is 76.1 Å². The lowest BCUT2D eigenvalue weighted by molar-refractivity contribution is -0.129. The summed E-state index contributed by atoms with van der Waals surface area (Å²) >= 11 is 5.84. The maximum Gasteiger partial charge on any atom is 0.246 e. The number of halogens is 1. The van der Waals surface area contributed by atoms with Gasteiger partial charge in [-0.05, 0) is 61.9 Å². The quantitative estimate of drug-likeness (QED) is 0.445. The fourth-order valence-corrected chi connectivity index (χ4v) is 3.21. The highest BCUT2D eigenvalue weighted by molar-refractivity contribution is 6.30. The third-order valence-electron chi connectivity index (χ3n) is 5.04. The zero-order valence-electron chi connectivity index (χ0n) is 19.4. The van der Waals surface area contributed by atoms with Crippen LogP contribution in [-0.2, 0) is 16.2 Å². The molecule has 3 rings (SSSR count). The second-order valence-corrected chi connectivity index (χ2v) is 8.02. The second-order valence-electron chi connectivity index (χ2n) is 7.58. The van der Waals surface area contributed by atoms with Gasteiger partial charge in [-0.2, -0.15) is 0 Å². The summed E-state index contributed by atoms with van der Waals surface area (Å²) in [5.74, 6) is 1.16. The van der Waals surface area contributed by atoms with Gasteiger partial charge >= 0.3 is 0 Å². The molecule has 0 spiro atoms. The van der Waals surface area contributed by atoms with Crippen molar-refractivity contribution in [1.82, 2.24) is 10.1 Å². The number of rotatable bonds is 9. The monoisotopic (exact) mass is 483 g/mol. The van der Waals surface area contributed by atoms with Crippen LogP contribution < -0.4 is 14.8 Å². The van der Waals surface area contributed by atoms with E-state index in [2.05, 4.69) is 10.5 Å². The van der Waals surface area contributed by atoms with Crippen molar-refractivity contribution in [2.45, 2.75) is 20.5 Å². The lowest BCUT2D eigenvalue weighted by Gasteiger charge is -2.15. The van der Waals surface area contributed by atoms with Crippen LogP contribution in [0.3, 0.4) is 0 Å². The number of aromatic nitrogens is 1. The molecule has 0 bridgehead atoms. The molecule has 0 aliphatic rings. The summed E-state index contributed by atoms with van der Waals surface area (Å²) in [5.41, 5.74) is 3.02. The van der Waals surface area contributed by atoms with Crippen molar-refractivity contribution >= 4 is 35.2 Å². The van der Waals surface area contributed by atoms with Crippen LogP contribution in [-0.4, -0.2) is 42.6 Å². The van der Waals surface area contributed by atoms with Gasteiger partial charge in [0.1, 0.15) is 12.4 Å². The Balaban J connectivity index is 1.57. The molecule has 2 amide bonds. The van der Waals surface area contributed by atoms with Gasteiger partial charge in [0.25, 0.3) is 0 Å². The molecular weight excluding hydrogens is 458 g/mol. The summed E-state index contributed by atoms with van der Waals surface area (Å²) in [4.78, 5) is 26.0. The number of nitrogens with zero attached hydrogens (tertiary/aromatic N) is 2. The highest BCUT2D eigenvalue weighted by atomic mass is 35.5. The number of anilines is 1. The van der Waals surface area contributed by atoms with Crippen molar-refractivity contribution in [3.8, 4) is 11.5 Å². The van der Waals surface area contributed by atoms with Crippen LogP contribution in [0.25, 0.3) is 6.08 Å². The number of methoxy groups -OCH3 is 1. The minimum absolute atomic E-state index is 0.0936. The Labute approximate surface area is 203 Å². The minimum Gasteiger partial charge on any atom is -0.493 e. The molecule has 9 heteroatoms. The highest BCUT2D eigenvalue weighted by Gasteiger charge is 2.13. The first-order chi connectivity index (χ1) is 16.3. The zero-order valence-corrected chi connectivity index (χ0v) is 20.2. The van der Waals surface area contributed by atoms with Gasteiger partial charge in [0.2, 0.25) is 11.8 Å². The summed E-state index contributed by atoms with van der Waals surface area (Å²) in [6.07, 6.45) is 3.05. The maximum atomic E-state index is 12.4. The summed E-state index contributed by atoms with van der Waals surface area (Å²) < 4.78 is 16.5. The number of carbonyl (C=O) groups is 2. The first-order valence-electron chi connectivity index (χ1n) is 10.5. The third kappa shape index (κ3) is 6.62. The second kappa shape index (κ2) is 11.4. The Kier molecular flexibility index (Phi) is 8.32. The molecule has 0 aliphatic carbocycles. The molecule has 34 heavy (non-hydrogen) atoms. The number of benzene rings is 2. The Morgan fingerprint density at radius 2 is 1.88 bits per heavy atom. The number of amides is 2. The molecule has 0 aliphatic heterocycles. The van der Waals surface area contributed by atoms with E-state index in [1.807, 2.05) is 19.9 Å². The number of nitrogens with one attached hydrogen (secondary N) is 1. The van der Waals surface area contributed by atoms with Crippen LogP contribution >= 0.6 is 11.6 Å². The fourth-order valence-electron chi connectivity index (χ4n) is 3.09. The van der Waals surface area contributed by atoms with Crippen LogP contribution in [0.1, 0.15) is 22.6 Å². The van der Waals surface area contributed by atoms with E-state index in [4.69, 9.17) is 25.6 Å². The normalized spacial score (nSPS) is 10.9. The van der Waals surface area contributed by atoms with E-state index in [0.717, 1.165) is 16.8 Å². The first-order valence-corrected chi connectivity index (χ1v) is 10.9. The zero-order chi connectivity index (χ0) is 24.7. The van der Waals surface area contributed by atoms with Crippen molar-refractivity contribution in [2.75, 3.05) is 26.0 Å². The molecule has 0 radical (unpaired) electrons. The van der Waals surface area contributed by atoms with E-state index in [-0.39, 0.29) is 18.4 Å². The van der Waals surface area contributed by atoms with Crippen molar-refractivity contribution < 1.29 is 23.6 Å². The van der Waals surface area contributed by atoms with Gasteiger partial charge in [-0.15, -0.1) is 0 Å². The third-order valence-corrected chi connectivity index (χ3v) is 5.30. The number of likely N-dealkylation sites (N-methyl/N-ethyl adjacent to an activating group) is 1. The topological polar surface area (TPSA) is 93.9 Å². The van der Waals surface area contributed by atoms with E-state index in [0.29, 0.717) is 34.6 Å². The van der Waals surface area contributed by atoms with E-state index in [1.54, 1.807) is 56.6 Å². The molecule has 0 atom stereocenters. The molecule has 0 fully saturated rings. The number of hydrogen-bond acceptors (Lipinski definition) is 6. The average molecular weight is 484 g/mol. The number of aryl methyl sites for hydroxylation is 2. The first kappa shape index (κ1) is 24.9. The maximum absolute atomic E-state index is 12.4. The largest absolute Gasteiger partial charge is 0.493 e. The molecular formula is C25H26ClN3O5. The molecule has 178 valence electrons. The minimum atomic E-state index is -0.316. The van der Waals surface area contributed by atoms with Gasteiger partial charge in [-0.25, -0.2) is 0 Å². The number of hydrogen-bond donors (Lipinski definition) is 1. The van der Waals surface area contributed by atoms with Gasteiger partial charge in [0, 0.05) is 23.8 Å². The molecule has 0 saturated carbocycles. The van der Waals surface area contributed by atoms with E-state index in [9.17, 15) is 9.59 Å². The average Bonchev–Trinajstić information content (AvgIpc) is 3.14. The number of carbonyl (C=O) groups excluding carboxylic acids is 2. The van der Waals surface area contributed by atoms with Crippen LogP contribution in [0.5, 0.6) is 11.5 Å². The molecule has 2 aromatic carbocycles. The highest BCUT2D eigenvalue weighted by Crippen LogP contribution is 2.30. The van der Waals surface area contributed by atoms with Crippen LogP contribution in [0.15, 0.2) is 53.1 Å². The Morgan fingerprint density at radius 3 is 2.53 bits per heavy atom. The molecule has 1 aromatic heterocycles. The molecule has 1 N–H and O–H groups in total. The van der Waals surface area contributed by atoms with Gasteiger partial charge < -0.3 is 24.2 Å². The Bertz CT molecular complexity index is 1170. The summed E-state index contributed by atoms with van der Waals surface area (Å²) in [6, 6.07) is 12.1. The smallest absolute Gasteiger partial charge is 0.246 e. The molecule has 1 heterocycles. The molecule has 0 unspecified atom stereocenters. The Morgan fingerprint density at radius 1 is 1.15 bits per heavy atom. The predicted molar refractivity (Wildman–Crippen MR) is 130 cm³/mol. The standard InChI is InChI=1S/C25H26ClN3O5/c1-16-21(17(2)34-28-16)15-33-22-11-5-18(13-23(22)32-4)6-12-25(31)29(3)14-24(30)27-20-9-7-19(26)8-10-20/h5-13H,14-15H2,1-4H3,(H,27,30). The summed E-state index contributed by atoms with van der Waals surface area (Å²) in [6.45, 7) is 3.90. The van der Waals surface area contributed by atoms with Crippen molar-refractivity contribution in [3.63, 3.8) is 0 Å². The van der Waals surface area contributed by atoms with Crippen LogP contribution in [0.2, 0.25) is 5.02 Å². The summed E-state index contributed by atoms with van der Waals surface area (Å²) in [5, 5.41) is 7.22. The predicted octanol–water partition coefficient (Wildman–Crippen LogP) is 4.64. The SMILES string of the molecule is COc1cc(C=CC(=O)N(C)CC(=O)Nc2ccc(Cl)cc2)ccc1OCc1c(C)noc1C. The van der Waals surface area contributed by atoms with E-state index < -0.39 is 0 Å². The summed E-state index contributed by atoms with van der Waals surface area (Å²) in [7, 11) is 3.10. The molecule has 0 saturated heterocycles. The van der Waals surface area contributed by atoms with Crippen molar-refractivity contribution in [2.24, 2.45) is 0 Å². The fraction of sp³-hybridized carbons (Fsp3) is 0.240.